The highest BCUT2D eigenvalue weighted by molar-refractivity contribution is 5.86. The number of carbonyl (C=O) groups excluding carboxylic acids is 1. The van der Waals surface area contributed by atoms with Crippen molar-refractivity contribution >= 4 is 11.9 Å². The van der Waals surface area contributed by atoms with Crippen molar-refractivity contribution in [3.63, 3.8) is 0 Å². The molecule has 17 heavy (non-hydrogen) atoms. The molecule has 0 rings (SSSR count). The van der Waals surface area contributed by atoms with Crippen molar-refractivity contribution < 1.29 is 14.7 Å². The fourth-order valence-corrected chi connectivity index (χ4v) is 1.56. The molecule has 0 heterocycles. The van der Waals surface area contributed by atoms with Gasteiger partial charge in [-0.15, -0.1) is 0 Å². The van der Waals surface area contributed by atoms with Crippen LogP contribution in [0.3, 0.4) is 0 Å². The molecule has 0 aliphatic heterocycles. The summed E-state index contributed by atoms with van der Waals surface area (Å²) in [5, 5.41) is 11.5. The predicted molar refractivity (Wildman–Crippen MR) is 66.5 cm³/mol. The first kappa shape index (κ1) is 15.9. The zero-order chi connectivity index (χ0) is 13.6. The van der Waals surface area contributed by atoms with Gasteiger partial charge in [-0.25, -0.2) is 4.79 Å². The maximum absolute atomic E-state index is 11.7. The van der Waals surface area contributed by atoms with Gasteiger partial charge in [-0.2, -0.15) is 0 Å². The Morgan fingerprint density at radius 3 is 2.18 bits per heavy atom. The molecule has 0 unspecified atom stereocenters. The number of rotatable bonds is 7. The van der Waals surface area contributed by atoms with Crippen molar-refractivity contribution in [2.75, 3.05) is 0 Å². The number of nitrogens with two attached hydrogens (primary N) is 1. The van der Waals surface area contributed by atoms with Crippen molar-refractivity contribution in [1.82, 2.24) is 5.32 Å². The van der Waals surface area contributed by atoms with Gasteiger partial charge in [-0.05, 0) is 18.3 Å². The van der Waals surface area contributed by atoms with E-state index in [1.165, 1.54) is 0 Å². The van der Waals surface area contributed by atoms with Crippen LogP contribution < -0.4 is 11.1 Å². The average Bonchev–Trinajstić information content (AvgIpc) is 2.22. The summed E-state index contributed by atoms with van der Waals surface area (Å²) in [4.78, 5) is 22.7. The third-order valence-corrected chi connectivity index (χ3v) is 2.84. The first-order valence-electron chi connectivity index (χ1n) is 6.08. The monoisotopic (exact) mass is 244 g/mol. The van der Waals surface area contributed by atoms with Gasteiger partial charge in [0, 0.05) is 0 Å². The Labute approximate surface area is 103 Å². The molecule has 1 amide bonds. The summed E-state index contributed by atoms with van der Waals surface area (Å²) in [6, 6.07) is -1.49. The Bertz CT molecular complexity index is 266. The van der Waals surface area contributed by atoms with E-state index in [-0.39, 0.29) is 11.8 Å². The molecule has 0 aliphatic carbocycles. The van der Waals surface area contributed by atoms with E-state index >= 15 is 0 Å². The molecule has 0 saturated heterocycles. The average molecular weight is 244 g/mol. The molecule has 5 nitrogen and oxygen atoms in total. The van der Waals surface area contributed by atoms with Gasteiger partial charge in [0.05, 0.1) is 6.04 Å². The fraction of sp³-hybridized carbons (Fsp3) is 0.833. The molecule has 0 aromatic rings. The van der Waals surface area contributed by atoms with Gasteiger partial charge in [-0.1, -0.05) is 34.1 Å². The summed E-state index contributed by atoms with van der Waals surface area (Å²) in [6.45, 7) is 7.63. The van der Waals surface area contributed by atoms with Crippen molar-refractivity contribution in [2.24, 2.45) is 17.6 Å². The van der Waals surface area contributed by atoms with Crippen molar-refractivity contribution in [2.45, 2.75) is 52.6 Å². The molecule has 0 aliphatic rings. The van der Waals surface area contributed by atoms with Gasteiger partial charge < -0.3 is 16.2 Å². The number of carboxylic acid groups (broad SMARTS) is 1. The molecule has 0 aromatic heterocycles. The van der Waals surface area contributed by atoms with Crippen LogP contribution in [-0.2, 0) is 9.59 Å². The van der Waals surface area contributed by atoms with E-state index in [2.05, 4.69) is 5.32 Å². The van der Waals surface area contributed by atoms with E-state index < -0.39 is 18.1 Å². The standard InChI is InChI=1S/C12H24N2O3/c1-5-8(4)10(12(16)17)14-11(15)9(13)6-7(2)3/h7-10H,5-6,13H2,1-4H3,(H,14,15)(H,16,17)/t8-,9+,10-/m1/s1. The number of amides is 1. The lowest BCUT2D eigenvalue weighted by atomic mass is 9.98. The molecule has 0 fully saturated rings. The van der Waals surface area contributed by atoms with Crippen LogP contribution >= 0.6 is 0 Å². The zero-order valence-corrected chi connectivity index (χ0v) is 11.1. The minimum absolute atomic E-state index is 0.109. The van der Waals surface area contributed by atoms with Crippen LogP contribution in [0.5, 0.6) is 0 Å². The van der Waals surface area contributed by atoms with E-state index in [4.69, 9.17) is 10.8 Å². The Morgan fingerprint density at radius 2 is 1.82 bits per heavy atom. The Kier molecular flexibility index (Phi) is 6.80. The molecule has 0 radical (unpaired) electrons. The van der Waals surface area contributed by atoms with Crippen LogP contribution in [0.1, 0.15) is 40.5 Å². The molecule has 0 bridgehead atoms. The fourth-order valence-electron chi connectivity index (χ4n) is 1.56. The van der Waals surface area contributed by atoms with E-state index in [0.29, 0.717) is 18.8 Å². The van der Waals surface area contributed by atoms with Crippen LogP contribution in [0.25, 0.3) is 0 Å². The lowest BCUT2D eigenvalue weighted by molar-refractivity contribution is -0.143. The SMILES string of the molecule is CC[C@@H](C)[C@@H](NC(=O)[C@@H](N)CC(C)C)C(=O)O. The third-order valence-electron chi connectivity index (χ3n) is 2.84. The van der Waals surface area contributed by atoms with Crippen LogP contribution in [0.2, 0.25) is 0 Å². The van der Waals surface area contributed by atoms with Gasteiger partial charge in [0.1, 0.15) is 6.04 Å². The second-order valence-electron chi connectivity index (χ2n) is 4.95. The quantitative estimate of drug-likeness (QED) is 0.622. The number of carbonyl (C=O) groups is 2. The summed E-state index contributed by atoms with van der Waals surface area (Å²) >= 11 is 0. The summed E-state index contributed by atoms with van der Waals surface area (Å²) in [5.41, 5.74) is 5.70. The van der Waals surface area contributed by atoms with E-state index in [1.807, 2.05) is 20.8 Å². The van der Waals surface area contributed by atoms with Gasteiger partial charge in [0.15, 0.2) is 0 Å². The number of aliphatic carboxylic acids is 1. The van der Waals surface area contributed by atoms with Crippen molar-refractivity contribution in [3.05, 3.63) is 0 Å². The molecular weight excluding hydrogens is 220 g/mol. The first-order valence-corrected chi connectivity index (χ1v) is 6.08. The van der Waals surface area contributed by atoms with Crippen LogP contribution in [-0.4, -0.2) is 29.1 Å². The highest BCUT2D eigenvalue weighted by Gasteiger charge is 2.27. The second kappa shape index (κ2) is 7.27. The maximum atomic E-state index is 11.7. The normalized spacial score (nSPS) is 16.4. The third kappa shape index (κ3) is 5.68. The molecule has 100 valence electrons. The van der Waals surface area contributed by atoms with E-state index in [1.54, 1.807) is 6.92 Å². The Hall–Kier alpha value is -1.10. The molecular formula is C12H24N2O3. The molecule has 3 atom stereocenters. The number of hydrogen-bond acceptors (Lipinski definition) is 3. The Morgan fingerprint density at radius 1 is 1.29 bits per heavy atom. The molecule has 0 aromatic carbocycles. The second-order valence-corrected chi connectivity index (χ2v) is 4.95. The summed E-state index contributed by atoms with van der Waals surface area (Å²) in [7, 11) is 0. The first-order chi connectivity index (χ1) is 7.79. The summed E-state index contributed by atoms with van der Waals surface area (Å²) < 4.78 is 0. The smallest absolute Gasteiger partial charge is 0.326 e. The lowest BCUT2D eigenvalue weighted by Gasteiger charge is -2.22. The van der Waals surface area contributed by atoms with Gasteiger partial charge in [0.2, 0.25) is 5.91 Å². The molecule has 0 saturated carbocycles. The number of nitrogens with one attached hydrogen (secondary N) is 1. The van der Waals surface area contributed by atoms with Crippen LogP contribution in [0.4, 0.5) is 0 Å². The predicted octanol–water partition coefficient (Wildman–Crippen LogP) is 0.975. The van der Waals surface area contributed by atoms with Crippen molar-refractivity contribution in [3.8, 4) is 0 Å². The maximum Gasteiger partial charge on any atom is 0.326 e. The van der Waals surface area contributed by atoms with Gasteiger partial charge in [-0.3, -0.25) is 4.79 Å². The van der Waals surface area contributed by atoms with E-state index in [9.17, 15) is 9.59 Å². The summed E-state index contributed by atoms with van der Waals surface area (Å²) in [5.74, 6) is -1.19. The number of hydrogen-bond donors (Lipinski definition) is 3. The Balaban J connectivity index is 4.45. The zero-order valence-electron chi connectivity index (χ0n) is 11.1. The number of carboxylic acids is 1. The largest absolute Gasteiger partial charge is 0.480 e. The van der Waals surface area contributed by atoms with Gasteiger partial charge in [0.25, 0.3) is 0 Å². The molecule has 5 heteroatoms. The van der Waals surface area contributed by atoms with E-state index in [0.717, 1.165) is 0 Å². The molecule has 0 spiro atoms. The lowest BCUT2D eigenvalue weighted by Crippen LogP contribution is -2.51. The van der Waals surface area contributed by atoms with Crippen molar-refractivity contribution in [1.29, 1.82) is 0 Å². The molecule has 4 N–H and O–H groups in total. The summed E-state index contributed by atoms with van der Waals surface area (Å²) in [6.07, 6.45) is 1.25. The van der Waals surface area contributed by atoms with Gasteiger partial charge >= 0.3 is 5.97 Å². The highest BCUT2D eigenvalue weighted by Crippen LogP contribution is 2.09. The minimum Gasteiger partial charge on any atom is -0.480 e. The van der Waals surface area contributed by atoms with Crippen LogP contribution in [0.15, 0.2) is 0 Å². The topological polar surface area (TPSA) is 92.4 Å². The van der Waals surface area contributed by atoms with Crippen LogP contribution in [0, 0.1) is 11.8 Å². The highest BCUT2D eigenvalue weighted by atomic mass is 16.4. The minimum atomic E-state index is -1.01.